The van der Waals surface area contributed by atoms with Gasteiger partial charge in [-0.1, -0.05) is 46.3 Å². The van der Waals surface area contributed by atoms with E-state index in [1.54, 1.807) is 11.3 Å². The second kappa shape index (κ2) is 6.58. The molecule has 108 valence electrons. The molecule has 0 spiro atoms. The highest BCUT2D eigenvalue weighted by atomic mass is 79.9. The van der Waals surface area contributed by atoms with Crippen LogP contribution in [-0.4, -0.2) is 11.6 Å². The molecule has 3 rings (SSSR count). The zero-order chi connectivity index (χ0) is 14.7. The van der Waals surface area contributed by atoms with Crippen molar-refractivity contribution in [1.29, 1.82) is 0 Å². The summed E-state index contributed by atoms with van der Waals surface area (Å²) in [5.41, 5.74) is 2.26. The molecule has 0 saturated carbocycles. The summed E-state index contributed by atoms with van der Waals surface area (Å²) in [6.45, 7) is 2.69. The van der Waals surface area contributed by atoms with Gasteiger partial charge in [0, 0.05) is 16.8 Å². The minimum Gasteiger partial charge on any atom is -0.494 e. The van der Waals surface area contributed by atoms with Gasteiger partial charge in [-0.25, -0.2) is 4.98 Å². The smallest absolute Gasteiger partial charge is 0.123 e. The molecule has 1 heterocycles. The molecule has 0 aliphatic rings. The zero-order valence-electron chi connectivity index (χ0n) is 11.8. The Morgan fingerprint density at radius 3 is 2.71 bits per heavy atom. The first kappa shape index (κ1) is 14.5. The number of nitrogens with zero attached hydrogens (tertiary/aromatic N) is 1. The number of rotatable bonds is 5. The summed E-state index contributed by atoms with van der Waals surface area (Å²) in [6.07, 6.45) is 0.865. The van der Waals surface area contributed by atoms with Crippen LogP contribution in [0.1, 0.15) is 22.3 Å². The summed E-state index contributed by atoms with van der Waals surface area (Å²) in [7, 11) is 0. The molecule has 21 heavy (non-hydrogen) atoms. The number of alkyl halides is 1. The summed E-state index contributed by atoms with van der Waals surface area (Å²) in [5, 5.41) is 1.14. The maximum absolute atomic E-state index is 5.71. The van der Waals surface area contributed by atoms with Gasteiger partial charge >= 0.3 is 0 Å². The number of aromatic nitrogens is 1. The zero-order valence-corrected chi connectivity index (χ0v) is 14.2. The first-order valence-corrected chi connectivity index (χ1v) is 8.71. The Kier molecular flexibility index (Phi) is 4.56. The Hall–Kier alpha value is -1.39. The Labute approximate surface area is 136 Å². The predicted octanol–water partition coefficient (Wildman–Crippen LogP) is 5.37. The fourth-order valence-electron chi connectivity index (χ4n) is 2.30. The average Bonchev–Trinajstić information content (AvgIpc) is 2.90. The topological polar surface area (TPSA) is 22.1 Å². The summed E-state index contributed by atoms with van der Waals surface area (Å²) in [6, 6.07) is 16.4. The highest BCUT2D eigenvalue weighted by Crippen LogP contribution is 2.35. The average molecular weight is 362 g/mol. The molecule has 0 bridgehead atoms. The SMILES string of the molecule is CCOc1ccccc1C(Br)Cc1nc2ccccc2s1. The van der Waals surface area contributed by atoms with Crippen molar-refractivity contribution in [3.8, 4) is 5.75 Å². The Bertz CT molecular complexity index is 707. The van der Waals surface area contributed by atoms with Crippen molar-refractivity contribution in [3.63, 3.8) is 0 Å². The lowest BCUT2D eigenvalue weighted by Gasteiger charge is -2.14. The van der Waals surface area contributed by atoms with Crippen molar-refractivity contribution in [2.75, 3.05) is 6.61 Å². The number of ether oxygens (including phenoxy) is 1. The molecule has 4 heteroatoms. The van der Waals surface area contributed by atoms with Crippen molar-refractivity contribution >= 4 is 37.5 Å². The van der Waals surface area contributed by atoms with Crippen LogP contribution >= 0.6 is 27.3 Å². The Morgan fingerprint density at radius 2 is 1.90 bits per heavy atom. The fourth-order valence-corrected chi connectivity index (χ4v) is 4.21. The van der Waals surface area contributed by atoms with Gasteiger partial charge in [-0.3, -0.25) is 0 Å². The van der Waals surface area contributed by atoms with E-state index in [0.29, 0.717) is 6.61 Å². The fraction of sp³-hybridized carbons (Fsp3) is 0.235. The van der Waals surface area contributed by atoms with Gasteiger partial charge < -0.3 is 4.74 Å². The van der Waals surface area contributed by atoms with Crippen LogP contribution in [0.15, 0.2) is 48.5 Å². The van der Waals surface area contributed by atoms with Crippen molar-refractivity contribution in [2.24, 2.45) is 0 Å². The molecule has 0 aliphatic carbocycles. The van der Waals surface area contributed by atoms with Crippen molar-refractivity contribution in [3.05, 3.63) is 59.1 Å². The van der Waals surface area contributed by atoms with E-state index in [9.17, 15) is 0 Å². The van der Waals surface area contributed by atoms with Crippen LogP contribution in [0, 0.1) is 0 Å². The second-order valence-electron chi connectivity index (χ2n) is 4.72. The number of para-hydroxylation sites is 2. The first-order valence-electron chi connectivity index (χ1n) is 6.98. The number of fused-ring (bicyclic) bond motifs is 1. The lowest BCUT2D eigenvalue weighted by Crippen LogP contribution is -2.00. The molecule has 0 aliphatic heterocycles. The maximum Gasteiger partial charge on any atom is 0.123 e. The largest absolute Gasteiger partial charge is 0.494 e. The van der Waals surface area contributed by atoms with E-state index in [1.165, 1.54) is 10.3 Å². The summed E-state index contributed by atoms with van der Waals surface area (Å²) in [5.74, 6) is 0.947. The molecule has 3 aromatic rings. The summed E-state index contributed by atoms with van der Waals surface area (Å²) < 4.78 is 6.95. The maximum atomic E-state index is 5.71. The lowest BCUT2D eigenvalue weighted by molar-refractivity contribution is 0.336. The number of thiazole rings is 1. The van der Waals surface area contributed by atoms with E-state index in [-0.39, 0.29) is 4.83 Å². The molecule has 0 fully saturated rings. The van der Waals surface area contributed by atoms with Gasteiger partial charge in [0.1, 0.15) is 5.75 Å². The van der Waals surface area contributed by atoms with Crippen LogP contribution in [0.5, 0.6) is 5.75 Å². The van der Waals surface area contributed by atoms with Crippen LogP contribution in [-0.2, 0) is 6.42 Å². The minimum atomic E-state index is 0.209. The molecule has 0 N–H and O–H groups in total. The van der Waals surface area contributed by atoms with Gasteiger partial charge in [0.25, 0.3) is 0 Å². The quantitative estimate of drug-likeness (QED) is 0.569. The van der Waals surface area contributed by atoms with Crippen molar-refractivity contribution in [1.82, 2.24) is 4.98 Å². The van der Waals surface area contributed by atoms with Gasteiger partial charge in [0.05, 0.1) is 21.8 Å². The number of hydrogen-bond acceptors (Lipinski definition) is 3. The monoisotopic (exact) mass is 361 g/mol. The standard InChI is InChI=1S/C17H16BrNOS/c1-2-20-15-9-5-3-7-12(15)13(18)11-17-19-14-8-4-6-10-16(14)21-17/h3-10,13H,2,11H2,1H3. The molecule has 0 radical (unpaired) electrons. The number of benzene rings is 2. The molecule has 1 aromatic heterocycles. The van der Waals surface area contributed by atoms with E-state index in [1.807, 2.05) is 31.2 Å². The number of halogens is 1. The van der Waals surface area contributed by atoms with Gasteiger partial charge in [0.2, 0.25) is 0 Å². The van der Waals surface area contributed by atoms with Crippen molar-refractivity contribution < 1.29 is 4.74 Å². The van der Waals surface area contributed by atoms with Gasteiger partial charge in [0.15, 0.2) is 0 Å². The normalized spacial score (nSPS) is 12.5. The van der Waals surface area contributed by atoms with Crippen LogP contribution in [0.4, 0.5) is 0 Å². The van der Waals surface area contributed by atoms with E-state index < -0.39 is 0 Å². The Morgan fingerprint density at radius 1 is 1.14 bits per heavy atom. The van der Waals surface area contributed by atoms with E-state index in [4.69, 9.17) is 9.72 Å². The second-order valence-corrected chi connectivity index (χ2v) is 6.94. The molecule has 2 aromatic carbocycles. The highest BCUT2D eigenvalue weighted by molar-refractivity contribution is 9.09. The van der Waals surface area contributed by atoms with Gasteiger partial charge in [-0.15, -0.1) is 11.3 Å². The first-order chi connectivity index (χ1) is 10.3. The summed E-state index contributed by atoms with van der Waals surface area (Å²) in [4.78, 5) is 4.91. The van der Waals surface area contributed by atoms with Crippen LogP contribution in [0.2, 0.25) is 0 Å². The third-order valence-corrected chi connectivity index (χ3v) is 5.12. The van der Waals surface area contributed by atoms with Crippen LogP contribution in [0.3, 0.4) is 0 Å². The minimum absolute atomic E-state index is 0.209. The molecular weight excluding hydrogens is 346 g/mol. The molecule has 1 atom stereocenters. The molecule has 0 amide bonds. The molecule has 0 saturated heterocycles. The highest BCUT2D eigenvalue weighted by Gasteiger charge is 2.15. The van der Waals surface area contributed by atoms with Crippen LogP contribution in [0.25, 0.3) is 10.2 Å². The summed E-state index contributed by atoms with van der Waals surface area (Å²) >= 11 is 5.55. The lowest BCUT2D eigenvalue weighted by atomic mass is 10.1. The van der Waals surface area contributed by atoms with Crippen LogP contribution < -0.4 is 4.74 Å². The third kappa shape index (κ3) is 3.27. The van der Waals surface area contributed by atoms with Crippen molar-refractivity contribution in [2.45, 2.75) is 18.2 Å². The third-order valence-electron chi connectivity index (χ3n) is 3.25. The van der Waals surface area contributed by atoms with Gasteiger partial charge in [-0.2, -0.15) is 0 Å². The number of hydrogen-bond donors (Lipinski definition) is 0. The Balaban J connectivity index is 1.84. The van der Waals surface area contributed by atoms with E-state index in [2.05, 4.69) is 40.2 Å². The van der Waals surface area contributed by atoms with E-state index in [0.717, 1.165) is 22.7 Å². The van der Waals surface area contributed by atoms with Gasteiger partial charge in [-0.05, 0) is 25.1 Å². The molecular formula is C17H16BrNOS. The molecule has 1 unspecified atom stereocenters. The van der Waals surface area contributed by atoms with E-state index >= 15 is 0 Å². The predicted molar refractivity (Wildman–Crippen MR) is 92.6 cm³/mol. The molecule has 2 nitrogen and oxygen atoms in total.